The Morgan fingerprint density at radius 3 is 3.00 bits per heavy atom. The molecule has 0 fully saturated rings. The highest BCUT2D eigenvalue weighted by Crippen LogP contribution is 2.33. The molecular weight excluding hydrogens is 340 g/mol. The van der Waals surface area contributed by atoms with Gasteiger partial charge in [0.15, 0.2) is 12.3 Å². The van der Waals surface area contributed by atoms with Crippen LogP contribution in [0.3, 0.4) is 0 Å². The number of carbonyl (C=O) groups is 1. The predicted molar refractivity (Wildman–Crippen MR) is 76.6 cm³/mol. The second kappa shape index (κ2) is 6.85. The van der Waals surface area contributed by atoms with E-state index in [9.17, 15) is 4.79 Å². The molecule has 0 radical (unpaired) electrons. The number of H-pyrrole nitrogens is 1. The van der Waals surface area contributed by atoms with Crippen molar-refractivity contribution in [3.63, 3.8) is 0 Å². The highest BCUT2D eigenvalue weighted by atomic mass is 79.9. The number of aromatic amines is 1. The number of nitrogens with zero attached hydrogens (tertiary/aromatic N) is 3. The Bertz CT molecular complexity index is 693. The third-order valence-electron chi connectivity index (χ3n) is 2.51. The van der Waals surface area contributed by atoms with E-state index in [1.54, 1.807) is 25.1 Å². The van der Waals surface area contributed by atoms with Crippen molar-refractivity contribution in [3.05, 3.63) is 28.4 Å². The van der Waals surface area contributed by atoms with Crippen LogP contribution >= 0.6 is 15.9 Å². The third-order valence-corrected chi connectivity index (χ3v) is 3.00. The van der Waals surface area contributed by atoms with Crippen LogP contribution in [0.2, 0.25) is 0 Å². The van der Waals surface area contributed by atoms with Gasteiger partial charge in [-0.05, 0) is 25.1 Å². The summed E-state index contributed by atoms with van der Waals surface area (Å²) in [5.74, 6) is -0.147. The maximum atomic E-state index is 11.9. The zero-order valence-corrected chi connectivity index (χ0v) is 12.7. The molecule has 0 saturated heterocycles. The Labute approximate surface area is 129 Å². The molecule has 8 heteroatoms. The minimum absolute atomic E-state index is 0.0664. The van der Waals surface area contributed by atoms with Crippen molar-refractivity contribution in [2.45, 2.75) is 6.92 Å². The summed E-state index contributed by atoms with van der Waals surface area (Å²) in [6, 6.07) is 7.07. The van der Waals surface area contributed by atoms with E-state index in [0.29, 0.717) is 17.0 Å². The predicted octanol–water partition coefficient (Wildman–Crippen LogP) is 2.31. The Balaban J connectivity index is 2.46. The monoisotopic (exact) mass is 350 g/mol. The van der Waals surface area contributed by atoms with E-state index in [1.165, 1.54) is 0 Å². The van der Waals surface area contributed by atoms with Crippen molar-refractivity contribution in [1.82, 2.24) is 15.4 Å². The highest BCUT2D eigenvalue weighted by Gasteiger charge is 2.22. The largest absolute Gasteiger partial charge is 0.478 e. The summed E-state index contributed by atoms with van der Waals surface area (Å²) in [5.41, 5.74) is 0.913. The van der Waals surface area contributed by atoms with Crippen molar-refractivity contribution in [1.29, 1.82) is 5.26 Å². The summed E-state index contributed by atoms with van der Waals surface area (Å²) in [4.78, 5) is 11.9. The number of carbonyl (C=O) groups excluding carboxylic acids is 1. The second-order valence-corrected chi connectivity index (χ2v) is 4.74. The number of halogens is 1. The average Bonchev–Trinajstić information content (AvgIpc) is 2.95. The van der Waals surface area contributed by atoms with Crippen LogP contribution in [0.25, 0.3) is 11.3 Å². The van der Waals surface area contributed by atoms with Crippen LogP contribution in [-0.2, 0) is 4.74 Å². The smallest absolute Gasteiger partial charge is 0.361 e. The quantitative estimate of drug-likeness (QED) is 0.830. The van der Waals surface area contributed by atoms with Gasteiger partial charge >= 0.3 is 5.97 Å². The highest BCUT2D eigenvalue weighted by molar-refractivity contribution is 9.10. The van der Waals surface area contributed by atoms with Gasteiger partial charge in [-0.15, -0.1) is 5.10 Å². The number of aromatic nitrogens is 3. The van der Waals surface area contributed by atoms with Crippen LogP contribution < -0.4 is 4.74 Å². The van der Waals surface area contributed by atoms with Gasteiger partial charge in [-0.2, -0.15) is 15.6 Å². The van der Waals surface area contributed by atoms with Gasteiger partial charge in [0.2, 0.25) is 0 Å². The maximum absolute atomic E-state index is 11.9. The zero-order valence-electron chi connectivity index (χ0n) is 11.1. The molecule has 1 heterocycles. The van der Waals surface area contributed by atoms with Gasteiger partial charge in [0.1, 0.15) is 17.5 Å². The van der Waals surface area contributed by atoms with Crippen molar-refractivity contribution < 1.29 is 14.3 Å². The van der Waals surface area contributed by atoms with E-state index in [-0.39, 0.29) is 18.9 Å². The molecule has 21 heavy (non-hydrogen) atoms. The molecule has 1 N–H and O–H groups in total. The second-order valence-electron chi connectivity index (χ2n) is 3.83. The number of ether oxygens (including phenoxy) is 2. The van der Waals surface area contributed by atoms with E-state index in [1.807, 2.05) is 6.07 Å². The van der Waals surface area contributed by atoms with E-state index in [0.717, 1.165) is 4.47 Å². The van der Waals surface area contributed by atoms with Crippen LogP contribution in [-0.4, -0.2) is 34.6 Å². The van der Waals surface area contributed by atoms with E-state index < -0.39 is 5.97 Å². The number of hydrogen-bond acceptors (Lipinski definition) is 6. The molecule has 1 aromatic heterocycles. The summed E-state index contributed by atoms with van der Waals surface area (Å²) < 4.78 is 11.1. The molecule has 0 aliphatic carbocycles. The molecule has 108 valence electrons. The van der Waals surface area contributed by atoms with Crippen LogP contribution in [0.15, 0.2) is 22.7 Å². The SMILES string of the molecule is CCOC(=O)c1n[nH]nc1-c1cc(Br)ccc1OCC#N. The molecule has 0 spiro atoms. The lowest BCUT2D eigenvalue weighted by atomic mass is 10.1. The average molecular weight is 351 g/mol. The van der Waals surface area contributed by atoms with Crippen molar-refractivity contribution >= 4 is 21.9 Å². The number of hydrogen-bond donors (Lipinski definition) is 1. The first kappa shape index (κ1) is 15.0. The van der Waals surface area contributed by atoms with Gasteiger partial charge in [0.05, 0.1) is 6.61 Å². The van der Waals surface area contributed by atoms with Crippen molar-refractivity contribution in [3.8, 4) is 23.1 Å². The lowest BCUT2D eigenvalue weighted by Crippen LogP contribution is -2.07. The van der Waals surface area contributed by atoms with Crippen LogP contribution in [0.1, 0.15) is 17.4 Å². The van der Waals surface area contributed by atoms with Crippen LogP contribution in [0, 0.1) is 11.3 Å². The van der Waals surface area contributed by atoms with Gasteiger partial charge in [-0.25, -0.2) is 4.79 Å². The Morgan fingerprint density at radius 1 is 1.48 bits per heavy atom. The van der Waals surface area contributed by atoms with E-state index in [4.69, 9.17) is 14.7 Å². The van der Waals surface area contributed by atoms with Crippen LogP contribution in [0.5, 0.6) is 5.75 Å². The number of nitriles is 1. The molecule has 0 aliphatic rings. The van der Waals surface area contributed by atoms with Crippen molar-refractivity contribution in [2.24, 2.45) is 0 Å². The topological polar surface area (TPSA) is 101 Å². The molecule has 0 atom stereocenters. The van der Waals surface area contributed by atoms with Gasteiger partial charge in [0, 0.05) is 10.0 Å². The summed E-state index contributed by atoms with van der Waals surface area (Å²) in [7, 11) is 0. The molecule has 2 aromatic rings. The molecule has 0 saturated carbocycles. The first-order valence-electron chi connectivity index (χ1n) is 6.05. The Kier molecular flexibility index (Phi) is 4.90. The number of nitrogens with one attached hydrogen (secondary N) is 1. The fourth-order valence-corrected chi connectivity index (χ4v) is 2.04. The zero-order chi connectivity index (χ0) is 15.2. The summed E-state index contributed by atoms with van der Waals surface area (Å²) >= 11 is 3.35. The molecule has 1 aromatic carbocycles. The first-order valence-corrected chi connectivity index (χ1v) is 6.84. The standard InChI is InChI=1S/C13H11BrN4O3/c1-2-20-13(19)12-11(16-18-17-12)9-7-8(14)3-4-10(9)21-6-5-15/h3-4,7H,2,6H2,1H3,(H,16,17,18). The lowest BCUT2D eigenvalue weighted by molar-refractivity contribution is 0.0520. The maximum Gasteiger partial charge on any atom is 0.361 e. The minimum atomic E-state index is -0.576. The molecule has 0 amide bonds. The molecular formula is C13H11BrN4O3. The summed E-state index contributed by atoms with van der Waals surface area (Å²) in [6.07, 6.45) is 0. The molecule has 2 rings (SSSR count). The van der Waals surface area contributed by atoms with Gasteiger partial charge in [0.25, 0.3) is 0 Å². The molecule has 7 nitrogen and oxygen atoms in total. The molecule has 0 unspecified atom stereocenters. The van der Waals surface area contributed by atoms with Gasteiger partial charge in [-0.1, -0.05) is 15.9 Å². The van der Waals surface area contributed by atoms with Gasteiger partial charge in [-0.3, -0.25) is 0 Å². The van der Waals surface area contributed by atoms with Crippen LogP contribution in [0.4, 0.5) is 0 Å². The lowest BCUT2D eigenvalue weighted by Gasteiger charge is -2.08. The summed E-state index contributed by atoms with van der Waals surface area (Å²) in [6.45, 7) is 1.83. The first-order chi connectivity index (χ1) is 10.2. The molecule has 0 bridgehead atoms. The Hall–Kier alpha value is -2.40. The number of benzene rings is 1. The minimum Gasteiger partial charge on any atom is -0.478 e. The fraction of sp³-hybridized carbons (Fsp3) is 0.231. The van der Waals surface area contributed by atoms with Gasteiger partial charge < -0.3 is 9.47 Å². The van der Waals surface area contributed by atoms with E-state index in [2.05, 4.69) is 31.3 Å². The Morgan fingerprint density at radius 2 is 2.29 bits per heavy atom. The summed E-state index contributed by atoms with van der Waals surface area (Å²) in [5, 5.41) is 18.8. The normalized spacial score (nSPS) is 9.95. The number of rotatable bonds is 5. The van der Waals surface area contributed by atoms with E-state index >= 15 is 0 Å². The molecule has 0 aliphatic heterocycles. The fourth-order valence-electron chi connectivity index (χ4n) is 1.68. The third kappa shape index (κ3) is 3.38. The number of esters is 1. The van der Waals surface area contributed by atoms with Crippen molar-refractivity contribution in [2.75, 3.05) is 13.2 Å².